The minimum absolute atomic E-state index is 0.146. The van der Waals surface area contributed by atoms with Gasteiger partial charge in [0.15, 0.2) is 0 Å². The van der Waals surface area contributed by atoms with Crippen molar-refractivity contribution in [2.45, 2.75) is 17.7 Å². The van der Waals surface area contributed by atoms with Crippen molar-refractivity contribution in [1.82, 2.24) is 4.31 Å². The smallest absolute Gasteiger partial charge is 0.305 e. The number of nitrogen functional groups attached to an aromatic ring is 1. The summed E-state index contributed by atoms with van der Waals surface area (Å²) in [5.41, 5.74) is 6.06. The number of sulfonamides is 1. The molecule has 0 fully saturated rings. The highest BCUT2D eigenvalue weighted by molar-refractivity contribution is 9.10. The molecule has 0 unspecified atom stereocenters. The molecule has 0 radical (unpaired) electrons. The molecule has 0 saturated heterocycles. The second-order valence-corrected chi connectivity index (χ2v) is 7.06. The van der Waals surface area contributed by atoms with Crippen molar-refractivity contribution in [1.29, 1.82) is 0 Å². The Morgan fingerprint density at radius 2 is 2.10 bits per heavy atom. The average Bonchev–Trinajstić information content (AvgIpc) is 2.37. The van der Waals surface area contributed by atoms with Gasteiger partial charge in [0.05, 0.1) is 12.0 Å². The number of nitrogens with two attached hydrogens (primary N) is 1. The van der Waals surface area contributed by atoms with Crippen molar-refractivity contribution >= 4 is 37.6 Å². The fourth-order valence-corrected chi connectivity index (χ4v) is 3.82. The van der Waals surface area contributed by atoms with Crippen LogP contribution in [0.2, 0.25) is 0 Å². The van der Waals surface area contributed by atoms with Crippen LogP contribution in [0.25, 0.3) is 0 Å². The molecule has 0 atom stereocenters. The predicted octanol–water partition coefficient (Wildman–Crippen LogP) is 1.60. The van der Waals surface area contributed by atoms with Crippen LogP contribution < -0.4 is 5.73 Å². The average molecular weight is 365 g/mol. The SMILES string of the molecule is COC(=O)CCCN(C)S(=O)(=O)c1ccc(N)cc1Br. The number of rotatable bonds is 6. The van der Waals surface area contributed by atoms with Crippen molar-refractivity contribution < 1.29 is 17.9 Å². The fourth-order valence-electron chi connectivity index (χ4n) is 1.56. The quantitative estimate of drug-likeness (QED) is 0.611. The fraction of sp³-hybridized carbons (Fsp3) is 0.417. The minimum atomic E-state index is -3.61. The van der Waals surface area contributed by atoms with Gasteiger partial charge < -0.3 is 10.5 Å². The molecule has 2 N–H and O–H groups in total. The first-order chi connectivity index (χ1) is 9.28. The highest BCUT2D eigenvalue weighted by Gasteiger charge is 2.23. The number of esters is 1. The number of carbonyl (C=O) groups is 1. The molecule has 0 aromatic heterocycles. The largest absolute Gasteiger partial charge is 0.469 e. The van der Waals surface area contributed by atoms with Crippen LogP contribution in [0, 0.1) is 0 Å². The third-order valence-electron chi connectivity index (χ3n) is 2.73. The maximum atomic E-state index is 12.3. The second kappa shape index (κ2) is 7.05. The molecule has 8 heteroatoms. The van der Waals surface area contributed by atoms with E-state index >= 15 is 0 Å². The number of hydrogen-bond acceptors (Lipinski definition) is 5. The van der Waals surface area contributed by atoms with Gasteiger partial charge in [-0.25, -0.2) is 12.7 Å². The van der Waals surface area contributed by atoms with E-state index in [-0.39, 0.29) is 23.8 Å². The van der Waals surface area contributed by atoms with Crippen LogP contribution in [0.15, 0.2) is 27.6 Å². The van der Waals surface area contributed by atoms with E-state index in [2.05, 4.69) is 20.7 Å². The van der Waals surface area contributed by atoms with Crippen LogP contribution >= 0.6 is 15.9 Å². The molecule has 1 rings (SSSR count). The first-order valence-corrected chi connectivity index (χ1v) is 8.10. The number of anilines is 1. The molecule has 1 aromatic rings. The first kappa shape index (κ1) is 16.9. The zero-order chi connectivity index (χ0) is 15.3. The number of halogens is 1. The Hall–Kier alpha value is -1.12. The molecule has 0 amide bonds. The Morgan fingerprint density at radius 3 is 2.65 bits per heavy atom. The van der Waals surface area contributed by atoms with Gasteiger partial charge in [0, 0.05) is 30.2 Å². The van der Waals surface area contributed by atoms with E-state index in [1.807, 2.05) is 0 Å². The summed E-state index contributed by atoms with van der Waals surface area (Å²) < 4.78 is 30.8. The number of nitrogens with zero attached hydrogens (tertiary/aromatic N) is 1. The molecule has 6 nitrogen and oxygen atoms in total. The molecule has 0 aliphatic rings. The lowest BCUT2D eigenvalue weighted by atomic mass is 10.3. The molecular formula is C12H17BrN2O4S. The number of carbonyl (C=O) groups excluding carboxylic acids is 1. The van der Waals surface area contributed by atoms with Crippen molar-refractivity contribution in [3.8, 4) is 0 Å². The van der Waals surface area contributed by atoms with E-state index < -0.39 is 10.0 Å². The second-order valence-electron chi connectivity index (χ2n) is 4.20. The van der Waals surface area contributed by atoms with Crippen LogP contribution in [-0.4, -0.2) is 39.4 Å². The van der Waals surface area contributed by atoms with Crippen molar-refractivity contribution in [2.75, 3.05) is 26.4 Å². The van der Waals surface area contributed by atoms with Crippen LogP contribution in [0.5, 0.6) is 0 Å². The topological polar surface area (TPSA) is 89.7 Å². The van der Waals surface area contributed by atoms with Crippen molar-refractivity contribution in [3.05, 3.63) is 22.7 Å². The van der Waals surface area contributed by atoms with Crippen LogP contribution in [0.1, 0.15) is 12.8 Å². The minimum Gasteiger partial charge on any atom is -0.469 e. The third kappa shape index (κ3) is 4.19. The van der Waals surface area contributed by atoms with Gasteiger partial charge in [-0.3, -0.25) is 4.79 Å². The van der Waals surface area contributed by atoms with Gasteiger partial charge >= 0.3 is 5.97 Å². The Labute approximate surface area is 127 Å². The van der Waals surface area contributed by atoms with Crippen molar-refractivity contribution in [2.24, 2.45) is 0 Å². The number of benzene rings is 1. The highest BCUT2D eigenvalue weighted by Crippen LogP contribution is 2.26. The lowest BCUT2D eigenvalue weighted by Gasteiger charge is -2.18. The van der Waals surface area contributed by atoms with Gasteiger partial charge in [-0.05, 0) is 40.5 Å². The maximum absolute atomic E-state index is 12.3. The van der Waals surface area contributed by atoms with E-state index in [0.29, 0.717) is 16.6 Å². The Balaban J connectivity index is 2.79. The normalized spacial score (nSPS) is 11.6. The lowest BCUT2D eigenvalue weighted by Crippen LogP contribution is -2.28. The van der Waals surface area contributed by atoms with E-state index in [4.69, 9.17) is 5.73 Å². The summed E-state index contributed by atoms with van der Waals surface area (Å²) in [6.07, 6.45) is 0.578. The Morgan fingerprint density at radius 1 is 1.45 bits per heavy atom. The molecule has 112 valence electrons. The zero-order valence-corrected chi connectivity index (χ0v) is 13.7. The van der Waals surface area contributed by atoms with E-state index in [0.717, 1.165) is 0 Å². The molecule has 0 bridgehead atoms. The molecular weight excluding hydrogens is 348 g/mol. The van der Waals surface area contributed by atoms with Gasteiger partial charge in [-0.1, -0.05) is 0 Å². The number of methoxy groups -OCH3 is 1. The van der Waals surface area contributed by atoms with Gasteiger partial charge in [-0.15, -0.1) is 0 Å². The maximum Gasteiger partial charge on any atom is 0.305 e. The highest BCUT2D eigenvalue weighted by atomic mass is 79.9. The van der Waals surface area contributed by atoms with E-state index in [1.165, 1.54) is 36.7 Å². The molecule has 20 heavy (non-hydrogen) atoms. The summed E-state index contributed by atoms with van der Waals surface area (Å²) in [4.78, 5) is 11.1. The summed E-state index contributed by atoms with van der Waals surface area (Å²) in [5, 5.41) is 0. The number of ether oxygens (including phenoxy) is 1. The Bertz CT molecular complexity index is 589. The van der Waals surface area contributed by atoms with Gasteiger partial charge in [0.25, 0.3) is 0 Å². The summed E-state index contributed by atoms with van der Waals surface area (Å²) in [6, 6.07) is 4.51. The molecule has 0 aliphatic heterocycles. The number of hydrogen-bond donors (Lipinski definition) is 1. The summed E-state index contributed by atoms with van der Waals surface area (Å²) in [6.45, 7) is 0.230. The van der Waals surface area contributed by atoms with Gasteiger partial charge in [-0.2, -0.15) is 0 Å². The molecule has 0 spiro atoms. The zero-order valence-electron chi connectivity index (χ0n) is 11.3. The Kier molecular flexibility index (Phi) is 5.97. The first-order valence-electron chi connectivity index (χ1n) is 5.87. The standard InChI is InChI=1S/C12H17BrN2O4S/c1-15(7-3-4-12(16)19-2)20(17,18)11-6-5-9(14)8-10(11)13/h5-6,8H,3-4,7,14H2,1-2H3. The predicted molar refractivity (Wildman–Crippen MR) is 79.6 cm³/mol. The van der Waals surface area contributed by atoms with Gasteiger partial charge in [0.1, 0.15) is 0 Å². The van der Waals surface area contributed by atoms with Crippen molar-refractivity contribution in [3.63, 3.8) is 0 Å². The third-order valence-corrected chi connectivity index (χ3v) is 5.56. The summed E-state index contributed by atoms with van der Waals surface area (Å²) >= 11 is 3.19. The molecule has 1 aromatic carbocycles. The molecule has 0 heterocycles. The molecule has 0 saturated carbocycles. The van der Waals surface area contributed by atoms with E-state index in [9.17, 15) is 13.2 Å². The summed E-state index contributed by atoms with van der Waals surface area (Å²) in [7, 11) is -0.845. The van der Waals surface area contributed by atoms with Crippen LogP contribution in [0.3, 0.4) is 0 Å². The molecule has 0 aliphatic carbocycles. The van der Waals surface area contributed by atoms with Crippen LogP contribution in [-0.2, 0) is 19.6 Å². The van der Waals surface area contributed by atoms with Crippen LogP contribution in [0.4, 0.5) is 5.69 Å². The lowest BCUT2D eigenvalue weighted by molar-refractivity contribution is -0.140. The summed E-state index contributed by atoms with van der Waals surface area (Å²) in [5.74, 6) is -0.357. The van der Waals surface area contributed by atoms with Gasteiger partial charge in [0.2, 0.25) is 10.0 Å². The van der Waals surface area contributed by atoms with E-state index in [1.54, 1.807) is 0 Å². The monoisotopic (exact) mass is 364 g/mol.